The van der Waals surface area contributed by atoms with Crippen molar-refractivity contribution in [2.75, 3.05) is 40.3 Å². The first-order valence-corrected chi connectivity index (χ1v) is 10.5. The van der Waals surface area contributed by atoms with E-state index in [0.29, 0.717) is 0 Å². The van der Waals surface area contributed by atoms with Gasteiger partial charge in [-0.25, -0.2) is 0 Å². The Hall–Kier alpha value is -2.08. The summed E-state index contributed by atoms with van der Waals surface area (Å²) in [5.41, 5.74) is 8.06. The lowest BCUT2D eigenvalue weighted by Crippen LogP contribution is -2.40. The van der Waals surface area contributed by atoms with Gasteiger partial charge in [0.1, 0.15) is 0 Å². The molecule has 0 bridgehead atoms. The molecule has 1 aliphatic rings. The predicted molar refractivity (Wildman–Crippen MR) is 116 cm³/mol. The highest BCUT2D eigenvalue weighted by molar-refractivity contribution is 5.79. The monoisotopic (exact) mass is 387 g/mol. The molecule has 6 heteroatoms. The van der Waals surface area contributed by atoms with E-state index < -0.39 is 0 Å². The number of likely N-dealkylation sites (tertiary alicyclic amines) is 1. The molecule has 0 spiro atoms. The maximum absolute atomic E-state index is 11.2. The molecule has 1 aliphatic heterocycles. The number of guanidine groups is 1. The number of piperidine rings is 1. The number of nitrogens with zero attached hydrogens (tertiary/aromatic N) is 3. The third-order valence-electron chi connectivity index (χ3n) is 5.60. The van der Waals surface area contributed by atoms with Crippen molar-refractivity contribution in [3.63, 3.8) is 0 Å². The second kappa shape index (κ2) is 11.7. The highest BCUT2D eigenvalue weighted by Crippen LogP contribution is 2.16. The van der Waals surface area contributed by atoms with Gasteiger partial charge in [0.25, 0.3) is 0 Å². The van der Waals surface area contributed by atoms with Crippen LogP contribution in [0.25, 0.3) is 0 Å². The van der Waals surface area contributed by atoms with Crippen LogP contribution in [-0.2, 0) is 17.8 Å². The standard InChI is InChI=1S/C22H37N5O/c1-4-18-7-9-19(10-8-18)17-26(3)22(24-2)25-13-5-6-14-27-15-11-20(12-16-27)21(23)28/h7-10,20H,4-6,11-17H2,1-3H3,(H2,23,28)(H,24,25). The Labute approximate surface area is 170 Å². The number of carbonyl (C=O) groups is 1. The maximum atomic E-state index is 11.2. The van der Waals surface area contributed by atoms with Crippen LogP contribution in [0.2, 0.25) is 0 Å². The summed E-state index contributed by atoms with van der Waals surface area (Å²) in [6.07, 6.45) is 5.14. The Morgan fingerprint density at radius 2 is 1.86 bits per heavy atom. The fraction of sp³-hybridized carbons (Fsp3) is 0.636. The molecule has 1 fully saturated rings. The van der Waals surface area contributed by atoms with Gasteiger partial charge in [0.2, 0.25) is 5.91 Å². The third kappa shape index (κ3) is 7.15. The van der Waals surface area contributed by atoms with Crippen LogP contribution in [0.15, 0.2) is 29.3 Å². The van der Waals surface area contributed by atoms with E-state index in [1.165, 1.54) is 11.1 Å². The quantitative estimate of drug-likeness (QED) is 0.387. The molecule has 0 atom stereocenters. The molecule has 28 heavy (non-hydrogen) atoms. The second-order valence-corrected chi connectivity index (χ2v) is 7.73. The van der Waals surface area contributed by atoms with Gasteiger partial charge >= 0.3 is 0 Å². The minimum absolute atomic E-state index is 0.0787. The van der Waals surface area contributed by atoms with Crippen molar-refractivity contribution in [3.8, 4) is 0 Å². The summed E-state index contributed by atoms with van der Waals surface area (Å²) >= 11 is 0. The molecule has 0 aliphatic carbocycles. The Morgan fingerprint density at radius 1 is 1.21 bits per heavy atom. The van der Waals surface area contributed by atoms with Crippen LogP contribution in [-0.4, -0.2) is 61.9 Å². The van der Waals surface area contributed by atoms with Crippen molar-refractivity contribution in [2.45, 2.75) is 45.6 Å². The fourth-order valence-electron chi connectivity index (χ4n) is 3.72. The summed E-state index contributed by atoms with van der Waals surface area (Å²) in [6, 6.07) is 8.80. The number of nitrogens with one attached hydrogen (secondary N) is 1. The van der Waals surface area contributed by atoms with E-state index in [0.717, 1.165) is 70.8 Å². The first-order chi connectivity index (χ1) is 13.5. The molecular formula is C22H37N5O. The second-order valence-electron chi connectivity index (χ2n) is 7.73. The number of hydrogen-bond donors (Lipinski definition) is 2. The summed E-state index contributed by atoms with van der Waals surface area (Å²) in [5.74, 6) is 0.873. The van der Waals surface area contributed by atoms with E-state index in [1.54, 1.807) is 0 Å². The summed E-state index contributed by atoms with van der Waals surface area (Å²) in [7, 11) is 3.91. The number of amides is 1. The average Bonchev–Trinajstić information content (AvgIpc) is 2.71. The number of unbranched alkanes of at least 4 members (excludes halogenated alkanes) is 1. The summed E-state index contributed by atoms with van der Waals surface area (Å²) in [4.78, 5) is 20.2. The van der Waals surface area contributed by atoms with Crippen molar-refractivity contribution in [1.29, 1.82) is 0 Å². The first kappa shape index (κ1) is 22.2. The van der Waals surface area contributed by atoms with Crippen LogP contribution in [0.5, 0.6) is 0 Å². The van der Waals surface area contributed by atoms with Gasteiger partial charge in [-0.2, -0.15) is 0 Å². The zero-order chi connectivity index (χ0) is 20.4. The van der Waals surface area contributed by atoms with Crippen molar-refractivity contribution in [2.24, 2.45) is 16.6 Å². The van der Waals surface area contributed by atoms with Gasteiger partial charge in [-0.1, -0.05) is 31.2 Å². The fourth-order valence-corrected chi connectivity index (χ4v) is 3.72. The van der Waals surface area contributed by atoms with Gasteiger partial charge in [0, 0.05) is 33.1 Å². The van der Waals surface area contributed by atoms with Crippen LogP contribution in [0.4, 0.5) is 0 Å². The van der Waals surface area contributed by atoms with Gasteiger partial charge in [0.05, 0.1) is 0 Å². The molecule has 0 saturated carbocycles. The lowest BCUT2D eigenvalue weighted by molar-refractivity contribution is -0.123. The number of primary amides is 1. The molecule has 3 N–H and O–H groups in total. The third-order valence-corrected chi connectivity index (χ3v) is 5.60. The van der Waals surface area contributed by atoms with Gasteiger partial charge in [-0.15, -0.1) is 0 Å². The lowest BCUT2D eigenvalue weighted by atomic mass is 9.96. The molecule has 0 unspecified atom stereocenters. The van der Waals surface area contributed by atoms with Crippen LogP contribution < -0.4 is 11.1 Å². The summed E-state index contributed by atoms with van der Waals surface area (Å²) in [6.45, 7) is 7.01. The van der Waals surface area contributed by atoms with Gasteiger partial charge in [-0.3, -0.25) is 9.79 Å². The van der Waals surface area contributed by atoms with Gasteiger partial charge in [-0.05, 0) is 62.9 Å². The highest BCUT2D eigenvalue weighted by atomic mass is 16.1. The zero-order valence-electron chi connectivity index (χ0n) is 17.8. The molecule has 1 aromatic carbocycles. The number of carbonyl (C=O) groups excluding carboxylic acids is 1. The number of nitrogens with two attached hydrogens (primary N) is 1. The van der Waals surface area contributed by atoms with Gasteiger partial charge in [0.15, 0.2) is 5.96 Å². The lowest BCUT2D eigenvalue weighted by Gasteiger charge is -2.30. The molecular weight excluding hydrogens is 350 g/mol. The molecule has 0 aromatic heterocycles. The maximum Gasteiger partial charge on any atom is 0.220 e. The Kier molecular flexibility index (Phi) is 9.28. The summed E-state index contributed by atoms with van der Waals surface area (Å²) < 4.78 is 0. The highest BCUT2D eigenvalue weighted by Gasteiger charge is 2.22. The topological polar surface area (TPSA) is 74.0 Å². The molecule has 0 radical (unpaired) electrons. The van der Waals surface area contributed by atoms with Crippen LogP contribution in [0.1, 0.15) is 43.7 Å². The van der Waals surface area contributed by atoms with Crippen molar-refractivity contribution >= 4 is 11.9 Å². The van der Waals surface area contributed by atoms with Crippen LogP contribution >= 0.6 is 0 Å². The van der Waals surface area contributed by atoms with E-state index in [-0.39, 0.29) is 11.8 Å². The van der Waals surface area contributed by atoms with Crippen LogP contribution in [0.3, 0.4) is 0 Å². The van der Waals surface area contributed by atoms with E-state index >= 15 is 0 Å². The number of aliphatic imine (C=N–C) groups is 1. The van der Waals surface area contributed by atoms with Gasteiger partial charge < -0.3 is 20.9 Å². The Balaban J connectivity index is 1.63. The zero-order valence-corrected chi connectivity index (χ0v) is 17.8. The molecule has 6 nitrogen and oxygen atoms in total. The van der Waals surface area contributed by atoms with E-state index in [9.17, 15) is 4.79 Å². The smallest absolute Gasteiger partial charge is 0.220 e. The normalized spacial score (nSPS) is 16.2. The number of rotatable bonds is 9. The minimum atomic E-state index is -0.138. The predicted octanol–water partition coefficient (Wildman–Crippen LogP) is 2.23. The van der Waals surface area contributed by atoms with E-state index in [2.05, 4.69) is 58.3 Å². The number of benzene rings is 1. The Morgan fingerprint density at radius 3 is 2.43 bits per heavy atom. The Bertz CT molecular complexity index is 620. The molecule has 156 valence electrons. The largest absolute Gasteiger partial charge is 0.369 e. The molecule has 1 heterocycles. The van der Waals surface area contributed by atoms with Crippen molar-refractivity contribution in [3.05, 3.63) is 35.4 Å². The number of aryl methyl sites for hydroxylation is 1. The molecule has 1 amide bonds. The van der Waals surface area contributed by atoms with Crippen molar-refractivity contribution < 1.29 is 4.79 Å². The first-order valence-electron chi connectivity index (χ1n) is 10.5. The minimum Gasteiger partial charge on any atom is -0.369 e. The van der Waals surface area contributed by atoms with E-state index in [1.807, 2.05) is 7.05 Å². The molecule has 1 aromatic rings. The van der Waals surface area contributed by atoms with E-state index in [4.69, 9.17) is 5.73 Å². The molecule has 1 saturated heterocycles. The van der Waals surface area contributed by atoms with Crippen LogP contribution in [0, 0.1) is 5.92 Å². The average molecular weight is 388 g/mol. The number of hydrogen-bond acceptors (Lipinski definition) is 3. The molecule has 2 rings (SSSR count). The SMILES string of the molecule is CCc1ccc(CN(C)C(=NC)NCCCCN2CCC(C(N)=O)CC2)cc1. The van der Waals surface area contributed by atoms with Crippen molar-refractivity contribution in [1.82, 2.24) is 15.1 Å². The summed E-state index contributed by atoms with van der Waals surface area (Å²) in [5, 5.41) is 3.47.